The maximum Gasteiger partial charge on any atom is 0.0790 e. The van der Waals surface area contributed by atoms with E-state index in [9.17, 15) is 0 Å². The van der Waals surface area contributed by atoms with E-state index in [1.165, 1.54) is 0 Å². The van der Waals surface area contributed by atoms with Crippen molar-refractivity contribution < 1.29 is 0 Å². The number of nitrogens with zero attached hydrogens (tertiary/aromatic N) is 2. The van der Waals surface area contributed by atoms with Crippen LogP contribution in [0.3, 0.4) is 0 Å². The number of hydrogen-bond acceptors (Lipinski definition) is 2. The molecule has 1 aromatic heterocycles. The summed E-state index contributed by atoms with van der Waals surface area (Å²) in [7, 11) is 0. The van der Waals surface area contributed by atoms with E-state index in [2.05, 4.69) is 33.2 Å². The third-order valence-corrected chi connectivity index (χ3v) is 3.37. The smallest absolute Gasteiger partial charge is 0.0790 e. The summed E-state index contributed by atoms with van der Waals surface area (Å²) in [4.78, 5) is 0. The summed E-state index contributed by atoms with van der Waals surface area (Å²) in [5.41, 5.74) is 10.2. The molecule has 17 heavy (non-hydrogen) atoms. The van der Waals surface area contributed by atoms with Crippen molar-refractivity contribution in [2.45, 2.75) is 26.8 Å². The Balaban J connectivity index is 2.50. The highest BCUT2D eigenvalue weighted by Crippen LogP contribution is 2.25. The molecule has 0 aliphatic rings. The summed E-state index contributed by atoms with van der Waals surface area (Å²) in [5.74, 6) is 0. The Morgan fingerprint density at radius 2 is 2.00 bits per heavy atom. The van der Waals surface area contributed by atoms with Crippen molar-refractivity contribution in [3.8, 4) is 5.69 Å². The molecule has 3 nitrogen and oxygen atoms in total. The molecule has 0 bridgehead atoms. The van der Waals surface area contributed by atoms with Crippen LogP contribution >= 0.6 is 15.9 Å². The minimum Gasteiger partial charge on any atom is -0.324 e. The molecule has 0 spiro atoms. The van der Waals surface area contributed by atoms with Gasteiger partial charge in [-0.25, -0.2) is 4.68 Å². The van der Waals surface area contributed by atoms with E-state index in [0.717, 1.165) is 27.1 Å². The van der Waals surface area contributed by atoms with E-state index in [4.69, 9.17) is 5.73 Å². The second-order valence-corrected chi connectivity index (χ2v) is 5.19. The topological polar surface area (TPSA) is 43.8 Å². The van der Waals surface area contributed by atoms with Gasteiger partial charge >= 0.3 is 0 Å². The van der Waals surface area contributed by atoms with Gasteiger partial charge in [0, 0.05) is 16.2 Å². The van der Waals surface area contributed by atoms with Gasteiger partial charge in [-0.15, -0.1) is 0 Å². The molecule has 2 N–H and O–H groups in total. The summed E-state index contributed by atoms with van der Waals surface area (Å²) < 4.78 is 2.95. The molecular formula is C13H16BrN3. The van der Waals surface area contributed by atoms with Crippen molar-refractivity contribution in [1.29, 1.82) is 0 Å². The van der Waals surface area contributed by atoms with Crippen LogP contribution in [0.4, 0.5) is 0 Å². The predicted molar refractivity (Wildman–Crippen MR) is 73.3 cm³/mol. The Bertz CT molecular complexity index is 544. The Kier molecular flexibility index (Phi) is 3.35. The van der Waals surface area contributed by atoms with Crippen molar-refractivity contribution in [3.63, 3.8) is 0 Å². The van der Waals surface area contributed by atoms with Gasteiger partial charge in [0.05, 0.1) is 11.4 Å². The van der Waals surface area contributed by atoms with Crippen molar-refractivity contribution in [2.75, 3.05) is 0 Å². The highest BCUT2D eigenvalue weighted by atomic mass is 79.9. The standard InChI is InChI=1S/C13H16BrN3/c1-8-6-9(2)17(16-8)13-5-4-11(10(3)15)7-12(13)14/h4-7,10H,15H2,1-3H3/t10-/m1/s1. The van der Waals surface area contributed by atoms with Crippen LogP contribution in [0, 0.1) is 13.8 Å². The molecule has 1 heterocycles. The second kappa shape index (κ2) is 4.63. The monoisotopic (exact) mass is 293 g/mol. The fraction of sp³-hybridized carbons (Fsp3) is 0.308. The summed E-state index contributed by atoms with van der Waals surface area (Å²) in [6, 6.07) is 8.24. The molecule has 0 fully saturated rings. The highest BCUT2D eigenvalue weighted by molar-refractivity contribution is 9.10. The molecule has 1 aromatic carbocycles. The lowest BCUT2D eigenvalue weighted by molar-refractivity contribution is 0.805. The normalized spacial score (nSPS) is 12.8. The Labute approximate surface area is 110 Å². The van der Waals surface area contributed by atoms with Gasteiger partial charge in [-0.1, -0.05) is 6.07 Å². The maximum absolute atomic E-state index is 5.86. The number of rotatable bonds is 2. The zero-order valence-electron chi connectivity index (χ0n) is 10.2. The molecule has 2 rings (SSSR count). The molecule has 1 atom stereocenters. The first-order valence-corrected chi connectivity index (χ1v) is 6.37. The molecule has 4 heteroatoms. The van der Waals surface area contributed by atoms with Gasteiger partial charge in [0.1, 0.15) is 0 Å². The van der Waals surface area contributed by atoms with Crippen LogP contribution in [0.2, 0.25) is 0 Å². The van der Waals surface area contributed by atoms with Crippen molar-refractivity contribution in [2.24, 2.45) is 5.73 Å². The van der Waals surface area contributed by atoms with E-state index in [0.29, 0.717) is 0 Å². The number of aryl methyl sites for hydroxylation is 2. The van der Waals surface area contributed by atoms with E-state index >= 15 is 0 Å². The molecular weight excluding hydrogens is 278 g/mol. The fourth-order valence-corrected chi connectivity index (χ4v) is 2.42. The first kappa shape index (κ1) is 12.3. The SMILES string of the molecule is Cc1cc(C)n(-c2ccc([C@@H](C)N)cc2Br)n1. The van der Waals surface area contributed by atoms with Crippen LogP contribution < -0.4 is 5.73 Å². The van der Waals surface area contributed by atoms with Gasteiger partial charge in [0.15, 0.2) is 0 Å². The lowest BCUT2D eigenvalue weighted by atomic mass is 10.1. The van der Waals surface area contributed by atoms with E-state index < -0.39 is 0 Å². The molecule has 90 valence electrons. The fourth-order valence-electron chi connectivity index (χ4n) is 1.85. The number of halogens is 1. The molecule has 0 saturated heterocycles. The third kappa shape index (κ3) is 2.42. The van der Waals surface area contributed by atoms with Gasteiger partial charge < -0.3 is 5.73 Å². The Hall–Kier alpha value is -1.13. The van der Waals surface area contributed by atoms with E-state index in [1.807, 2.05) is 37.6 Å². The molecule has 0 aliphatic heterocycles. The summed E-state index contributed by atoms with van der Waals surface area (Å²) in [6.45, 7) is 6.02. The van der Waals surface area contributed by atoms with Gasteiger partial charge in [-0.2, -0.15) is 5.10 Å². The van der Waals surface area contributed by atoms with Gasteiger partial charge in [-0.05, 0) is 60.5 Å². The van der Waals surface area contributed by atoms with Gasteiger partial charge in [0.25, 0.3) is 0 Å². The molecule has 2 aromatic rings. The minimum absolute atomic E-state index is 0.0424. The quantitative estimate of drug-likeness (QED) is 0.923. The number of aromatic nitrogens is 2. The number of nitrogens with two attached hydrogens (primary N) is 1. The zero-order chi connectivity index (χ0) is 12.6. The van der Waals surface area contributed by atoms with Gasteiger partial charge in [0.2, 0.25) is 0 Å². The van der Waals surface area contributed by atoms with Crippen molar-refractivity contribution in [1.82, 2.24) is 9.78 Å². The van der Waals surface area contributed by atoms with Crippen LogP contribution in [-0.2, 0) is 0 Å². The first-order valence-electron chi connectivity index (χ1n) is 5.57. The van der Waals surface area contributed by atoms with Crippen molar-refractivity contribution in [3.05, 3.63) is 45.7 Å². The van der Waals surface area contributed by atoms with Crippen LogP contribution in [0.15, 0.2) is 28.7 Å². The lowest BCUT2D eigenvalue weighted by Crippen LogP contribution is -2.06. The van der Waals surface area contributed by atoms with Crippen LogP contribution in [0.1, 0.15) is 29.9 Å². The molecule has 0 saturated carbocycles. The average Bonchev–Trinajstić information content (AvgIpc) is 2.57. The predicted octanol–water partition coefficient (Wildman–Crippen LogP) is 3.27. The Morgan fingerprint density at radius 3 is 2.47 bits per heavy atom. The van der Waals surface area contributed by atoms with E-state index in [1.54, 1.807) is 0 Å². The van der Waals surface area contributed by atoms with Crippen LogP contribution in [-0.4, -0.2) is 9.78 Å². The maximum atomic E-state index is 5.86. The Morgan fingerprint density at radius 1 is 1.29 bits per heavy atom. The van der Waals surface area contributed by atoms with E-state index in [-0.39, 0.29) is 6.04 Å². The van der Waals surface area contributed by atoms with Crippen LogP contribution in [0.5, 0.6) is 0 Å². The average molecular weight is 294 g/mol. The van der Waals surface area contributed by atoms with Gasteiger partial charge in [-0.3, -0.25) is 0 Å². The number of benzene rings is 1. The van der Waals surface area contributed by atoms with Crippen molar-refractivity contribution >= 4 is 15.9 Å². The number of hydrogen-bond donors (Lipinski definition) is 1. The zero-order valence-corrected chi connectivity index (χ0v) is 11.8. The second-order valence-electron chi connectivity index (χ2n) is 4.34. The lowest BCUT2D eigenvalue weighted by Gasteiger charge is -2.11. The molecule has 0 aliphatic carbocycles. The summed E-state index contributed by atoms with van der Waals surface area (Å²) in [6.07, 6.45) is 0. The highest BCUT2D eigenvalue weighted by Gasteiger charge is 2.09. The minimum atomic E-state index is 0.0424. The molecule has 0 unspecified atom stereocenters. The molecule has 0 amide bonds. The molecule has 0 radical (unpaired) electrons. The summed E-state index contributed by atoms with van der Waals surface area (Å²) >= 11 is 3.58. The summed E-state index contributed by atoms with van der Waals surface area (Å²) in [5, 5.41) is 4.47. The first-order chi connectivity index (χ1) is 7.99. The largest absolute Gasteiger partial charge is 0.324 e. The third-order valence-electron chi connectivity index (χ3n) is 2.74. The van der Waals surface area contributed by atoms with Crippen LogP contribution in [0.25, 0.3) is 5.69 Å².